The summed E-state index contributed by atoms with van der Waals surface area (Å²) in [6.45, 7) is 8.16. The molecule has 0 radical (unpaired) electrons. The smallest absolute Gasteiger partial charge is 0.261 e. The number of hydrogen-bond acceptors (Lipinski definition) is 3. The maximum absolute atomic E-state index is 13.8. The van der Waals surface area contributed by atoms with Crippen molar-refractivity contribution in [3.05, 3.63) is 101 Å². The van der Waals surface area contributed by atoms with Gasteiger partial charge in [-0.1, -0.05) is 99.1 Å². The van der Waals surface area contributed by atoms with Gasteiger partial charge in [0, 0.05) is 24.0 Å². The van der Waals surface area contributed by atoms with Gasteiger partial charge in [0.15, 0.2) is 6.61 Å². The van der Waals surface area contributed by atoms with E-state index < -0.39 is 6.04 Å². The molecule has 2 atom stereocenters. The summed E-state index contributed by atoms with van der Waals surface area (Å²) >= 11 is 6.48. The van der Waals surface area contributed by atoms with Gasteiger partial charge in [0.1, 0.15) is 11.8 Å². The molecule has 1 N–H and O–H groups in total. The number of amides is 2. The number of benzene rings is 3. The predicted octanol–water partition coefficient (Wildman–Crippen LogP) is 6.40. The lowest BCUT2D eigenvalue weighted by molar-refractivity contribution is -0.143. The lowest BCUT2D eigenvalue weighted by Crippen LogP contribution is -2.53. The summed E-state index contributed by atoms with van der Waals surface area (Å²) < 4.78 is 6.04. The molecule has 196 valence electrons. The molecule has 3 aromatic carbocycles. The first kappa shape index (κ1) is 28.3. The zero-order chi connectivity index (χ0) is 26.8. The molecule has 0 aliphatic rings. The summed E-state index contributed by atoms with van der Waals surface area (Å²) in [5.41, 5.74) is 2.77. The van der Waals surface area contributed by atoms with E-state index in [0.29, 0.717) is 17.2 Å². The van der Waals surface area contributed by atoms with E-state index >= 15 is 0 Å². The van der Waals surface area contributed by atoms with Crippen LogP contribution in [0.1, 0.15) is 56.7 Å². The Kier molecular flexibility index (Phi) is 10.6. The highest BCUT2D eigenvalue weighted by molar-refractivity contribution is 6.31. The minimum Gasteiger partial charge on any atom is -0.483 e. The van der Waals surface area contributed by atoms with E-state index in [1.54, 1.807) is 11.0 Å². The fourth-order valence-corrected chi connectivity index (χ4v) is 4.31. The zero-order valence-corrected chi connectivity index (χ0v) is 22.9. The summed E-state index contributed by atoms with van der Waals surface area (Å²) in [4.78, 5) is 29.0. The average molecular weight is 521 g/mol. The number of para-hydroxylation sites is 1. The number of rotatable bonds is 12. The third-order valence-corrected chi connectivity index (χ3v) is 6.83. The molecule has 0 spiro atoms. The molecule has 6 heteroatoms. The van der Waals surface area contributed by atoms with Gasteiger partial charge < -0.3 is 15.0 Å². The van der Waals surface area contributed by atoms with Gasteiger partial charge in [0.2, 0.25) is 5.91 Å². The van der Waals surface area contributed by atoms with Crippen molar-refractivity contribution < 1.29 is 14.3 Å². The SMILES string of the molecule is CCC(C)NC(=O)C(Cc1ccccc1)N(Cc1ccccc1Cl)C(=O)COc1ccccc1C(C)C. The van der Waals surface area contributed by atoms with Gasteiger partial charge in [-0.3, -0.25) is 9.59 Å². The molecule has 37 heavy (non-hydrogen) atoms. The van der Waals surface area contributed by atoms with Gasteiger partial charge >= 0.3 is 0 Å². The highest BCUT2D eigenvalue weighted by Gasteiger charge is 2.31. The van der Waals surface area contributed by atoms with Crippen molar-refractivity contribution >= 4 is 23.4 Å². The average Bonchev–Trinajstić information content (AvgIpc) is 2.90. The Bertz CT molecular complexity index is 1170. The first-order valence-electron chi connectivity index (χ1n) is 12.9. The topological polar surface area (TPSA) is 58.6 Å². The molecule has 0 aliphatic heterocycles. The van der Waals surface area contributed by atoms with Crippen molar-refractivity contribution in [2.75, 3.05) is 6.61 Å². The third-order valence-electron chi connectivity index (χ3n) is 6.46. The molecular weight excluding hydrogens is 484 g/mol. The fraction of sp³-hybridized carbons (Fsp3) is 0.355. The Labute approximate surface area is 225 Å². The summed E-state index contributed by atoms with van der Waals surface area (Å²) in [7, 11) is 0. The normalized spacial score (nSPS) is 12.6. The van der Waals surface area contributed by atoms with Crippen LogP contribution in [-0.2, 0) is 22.6 Å². The molecular formula is C31H37ClN2O3. The van der Waals surface area contributed by atoms with Crippen LogP contribution in [0.4, 0.5) is 0 Å². The van der Waals surface area contributed by atoms with Crippen LogP contribution in [0, 0.1) is 0 Å². The van der Waals surface area contributed by atoms with Crippen molar-refractivity contribution in [1.29, 1.82) is 0 Å². The van der Waals surface area contributed by atoms with Gasteiger partial charge in [0.05, 0.1) is 0 Å². The third kappa shape index (κ3) is 8.09. The number of carbonyl (C=O) groups is 2. The van der Waals surface area contributed by atoms with E-state index in [1.807, 2.05) is 86.6 Å². The molecule has 0 aromatic heterocycles. The highest BCUT2D eigenvalue weighted by atomic mass is 35.5. The number of hydrogen-bond donors (Lipinski definition) is 1. The molecule has 0 heterocycles. The van der Waals surface area contributed by atoms with Crippen LogP contribution in [0.15, 0.2) is 78.9 Å². The van der Waals surface area contributed by atoms with Crippen LogP contribution in [0.3, 0.4) is 0 Å². The van der Waals surface area contributed by atoms with Crippen LogP contribution < -0.4 is 10.1 Å². The van der Waals surface area contributed by atoms with E-state index in [-0.39, 0.29) is 36.9 Å². The van der Waals surface area contributed by atoms with Crippen LogP contribution in [0.2, 0.25) is 5.02 Å². The van der Waals surface area contributed by atoms with E-state index in [1.165, 1.54) is 0 Å². The van der Waals surface area contributed by atoms with Crippen molar-refractivity contribution in [2.45, 2.75) is 65.1 Å². The zero-order valence-electron chi connectivity index (χ0n) is 22.1. The number of carbonyl (C=O) groups excluding carboxylic acids is 2. The fourth-order valence-electron chi connectivity index (χ4n) is 4.12. The lowest BCUT2D eigenvalue weighted by Gasteiger charge is -2.32. The Morgan fingerprint density at radius 2 is 1.57 bits per heavy atom. The summed E-state index contributed by atoms with van der Waals surface area (Å²) in [5.74, 6) is 0.449. The maximum atomic E-state index is 13.8. The first-order chi connectivity index (χ1) is 17.8. The van der Waals surface area contributed by atoms with Gasteiger partial charge in [-0.2, -0.15) is 0 Å². The maximum Gasteiger partial charge on any atom is 0.261 e. The summed E-state index contributed by atoms with van der Waals surface area (Å²) in [5, 5.41) is 3.63. The van der Waals surface area contributed by atoms with Crippen LogP contribution in [-0.4, -0.2) is 35.4 Å². The molecule has 0 aliphatic carbocycles. The van der Waals surface area contributed by atoms with E-state index in [2.05, 4.69) is 19.2 Å². The lowest BCUT2D eigenvalue weighted by atomic mass is 10.0. The molecule has 2 amide bonds. The van der Waals surface area contributed by atoms with Gasteiger partial charge in [-0.05, 0) is 48.1 Å². The van der Waals surface area contributed by atoms with Crippen molar-refractivity contribution in [2.24, 2.45) is 0 Å². The second-order valence-corrected chi connectivity index (χ2v) is 10.0. The number of nitrogens with zero attached hydrogens (tertiary/aromatic N) is 1. The minimum atomic E-state index is -0.732. The quantitative estimate of drug-likeness (QED) is 0.301. The molecule has 3 rings (SSSR count). The number of ether oxygens (including phenoxy) is 1. The second-order valence-electron chi connectivity index (χ2n) is 9.62. The van der Waals surface area contributed by atoms with Crippen molar-refractivity contribution in [3.8, 4) is 5.75 Å². The van der Waals surface area contributed by atoms with Gasteiger partial charge in [-0.15, -0.1) is 0 Å². The molecule has 3 aromatic rings. The van der Waals surface area contributed by atoms with E-state index in [4.69, 9.17) is 16.3 Å². The Balaban J connectivity index is 1.95. The van der Waals surface area contributed by atoms with Crippen LogP contribution >= 0.6 is 11.6 Å². The van der Waals surface area contributed by atoms with Crippen molar-refractivity contribution in [1.82, 2.24) is 10.2 Å². The molecule has 0 saturated heterocycles. The largest absolute Gasteiger partial charge is 0.483 e. The molecule has 0 bridgehead atoms. The first-order valence-corrected chi connectivity index (χ1v) is 13.3. The molecule has 0 saturated carbocycles. The van der Waals surface area contributed by atoms with Gasteiger partial charge in [0.25, 0.3) is 5.91 Å². The van der Waals surface area contributed by atoms with E-state index in [0.717, 1.165) is 23.1 Å². The molecule has 0 fully saturated rings. The number of halogens is 1. The number of nitrogens with one attached hydrogen (secondary N) is 1. The Hall–Kier alpha value is -3.31. The minimum absolute atomic E-state index is 0.0165. The van der Waals surface area contributed by atoms with E-state index in [9.17, 15) is 9.59 Å². The summed E-state index contributed by atoms with van der Waals surface area (Å²) in [6, 6.07) is 24.1. The monoisotopic (exact) mass is 520 g/mol. The standard InChI is InChI=1S/C31H37ClN2O3/c1-5-23(4)33-31(36)28(19-24-13-7-6-8-14-24)34(20-25-15-9-11-17-27(25)32)30(35)21-37-29-18-12-10-16-26(29)22(2)3/h6-18,22-23,28H,5,19-21H2,1-4H3,(H,33,36). The van der Waals surface area contributed by atoms with Crippen LogP contribution in [0.25, 0.3) is 0 Å². The van der Waals surface area contributed by atoms with Gasteiger partial charge in [-0.25, -0.2) is 0 Å². The summed E-state index contributed by atoms with van der Waals surface area (Å²) in [6.07, 6.45) is 1.17. The molecule has 5 nitrogen and oxygen atoms in total. The predicted molar refractivity (Wildman–Crippen MR) is 150 cm³/mol. The van der Waals surface area contributed by atoms with Crippen molar-refractivity contribution in [3.63, 3.8) is 0 Å². The van der Waals surface area contributed by atoms with Crippen LogP contribution in [0.5, 0.6) is 5.75 Å². The molecule has 2 unspecified atom stereocenters. The second kappa shape index (κ2) is 13.8. The Morgan fingerprint density at radius 3 is 2.24 bits per heavy atom. The highest BCUT2D eigenvalue weighted by Crippen LogP contribution is 2.26. The Morgan fingerprint density at radius 1 is 0.919 bits per heavy atom.